The summed E-state index contributed by atoms with van der Waals surface area (Å²) in [6, 6.07) is 8.61. The minimum absolute atomic E-state index is 0.417. The van der Waals surface area contributed by atoms with Gasteiger partial charge in [-0.25, -0.2) is 17.6 Å². The summed E-state index contributed by atoms with van der Waals surface area (Å²) < 4.78 is 54.2. The van der Waals surface area contributed by atoms with Crippen LogP contribution in [-0.4, -0.2) is 25.5 Å². The number of anilines is 1. The van der Waals surface area contributed by atoms with Gasteiger partial charge in [0.1, 0.15) is 17.9 Å². The summed E-state index contributed by atoms with van der Waals surface area (Å²) in [4.78, 5) is 12.2. The van der Waals surface area contributed by atoms with E-state index in [1.807, 2.05) is 6.07 Å². The van der Waals surface area contributed by atoms with E-state index in [1.165, 1.54) is 0 Å². The van der Waals surface area contributed by atoms with Gasteiger partial charge in [0.05, 0.1) is 11.6 Å². The summed E-state index contributed by atoms with van der Waals surface area (Å²) >= 11 is 5.57. The van der Waals surface area contributed by atoms with E-state index in [0.717, 1.165) is 5.56 Å². The summed E-state index contributed by atoms with van der Waals surface area (Å²) in [6.45, 7) is -0.214. The van der Waals surface area contributed by atoms with Crippen molar-refractivity contribution in [3.63, 3.8) is 0 Å². The predicted molar refractivity (Wildman–Crippen MR) is 93.6 cm³/mol. The largest absolute Gasteiger partial charge is 0.324 e. The van der Waals surface area contributed by atoms with Crippen LogP contribution in [0, 0.1) is 0 Å². The molecule has 0 fully saturated rings. The number of nitrogens with one attached hydrogen (secondary N) is 1. The van der Waals surface area contributed by atoms with Crippen LogP contribution < -0.4 is 5.32 Å². The molecule has 1 aromatic carbocycles. The van der Waals surface area contributed by atoms with Crippen LogP contribution in [0.3, 0.4) is 0 Å². The van der Waals surface area contributed by atoms with Gasteiger partial charge in [0.25, 0.3) is 12.9 Å². The quantitative estimate of drug-likeness (QED) is 0.585. The summed E-state index contributed by atoms with van der Waals surface area (Å²) in [6.07, 6.45) is -2.88. The van der Waals surface area contributed by atoms with E-state index in [0.29, 0.717) is 16.9 Å². The van der Waals surface area contributed by atoms with E-state index in [9.17, 15) is 22.4 Å². The molecule has 6 nitrogen and oxygen atoms in total. The lowest BCUT2D eigenvalue weighted by atomic mass is 10.2. The highest BCUT2D eigenvalue weighted by Crippen LogP contribution is 2.34. The van der Waals surface area contributed by atoms with Crippen LogP contribution in [0.1, 0.15) is 29.8 Å². The molecule has 11 heteroatoms. The Balaban J connectivity index is 1.73. The number of rotatable bonds is 7. The number of hydrogen-bond donors (Lipinski definition) is 1. The van der Waals surface area contributed by atoms with Crippen LogP contribution in [0.2, 0.25) is 5.02 Å². The smallest absolute Gasteiger partial charge is 0.283 e. The molecule has 0 saturated heterocycles. The molecule has 148 valence electrons. The van der Waals surface area contributed by atoms with Gasteiger partial charge in [-0.3, -0.25) is 14.2 Å². The zero-order valence-corrected chi connectivity index (χ0v) is 15.0. The van der Waals surface area contributed by atoms with Crippen molar-refractivity contribution in [1.29, 1.82) is 0 Å². The van der Waals surface area contributed by atoms with E-state index in [-0.39, 0.29) is 0 Å². The van der Waals surface area contributed by atoms with Crippen molar-refractivity contribution in [2.45, 2.75) is 25.9 Å². The van der Waals surface area contributed by atoms with Crippen LogP contribution in [-0.2, 0) is 17.9 Å². The van der Waals surface area contributed by atoms with E-state index >= 15 is 0 Å². The molecule has 0 aliphatic rings. The first-order valence-corrected chi connectivity index (χ1v) is 8.41. The fourth-order valence-electron chi connectivity index (χ4n) is 2.61. The van der Waals surface area contributed by atoms with Crippen molar-refractivity contribution in [2.24, 2.45) is 0 Å². The summed E-state index contributed by atoms with van der Waals surface area (Å²) in [5.74, 6) is -0.710. The van der Waals surface area contributed by atoms with Gasteiger partial charge in [0.2, 0.25) is 5.91 Å². The van der Waals surface area contributed by atoms with Crippen LogP contribution in [0.4, 0.5) is 23.2 Å². The van der Waals surface area contributed by atoms with Gasteiger partial charge in [0, 0.05) is 18.1 Å². The Morgan fingerprint density at radius 3 is 2.61 bits per heavy atom. The van der Waals surface area contributed by atoms with Crippen LogP contribution in [0.25, 0.3) is 0 Å². The monoisotopic (exact) mass is 415 g/mol. The molecule has 0 spiro atoms. The van der Waals surface area contributed by atoms with Gasteiger partial charge >= 0.3 is 0 Å². The maximum atomic E-state index is 13.1. The topological polar surface area (TPSA) is 64.7 Å². The highest BCUT2D eigenvalue weighted by Gasteiger charge is 2.28. The normalized spacial score (nSPS) is 11.4. The molecule has 0 unspecified atom stereocenters. The van der Waals surface area contributed by atoms with Crippen molar-refractivity contribution in [3.8, 4) is 0 Å². The first kappa shape index (κ1) is 19.9. The third-order valence-corrected chi connectivity index (χ3v) is 4.16. The van der Waals surface area contributed by atoms with Gasteiger partial charge in [-0.2, -0.15) is 10.2 Å². The number of nitrogens with zero attached hydrogens (tertiary/aromatic N) is 4. The zero-order valence-electron chi connectivity index (χ0n) is 14.2. The van der Waals surface area contributed by atoms with Crippen LogP contribution in [0.5, 0.6) is 0 Å². The molecule has 0 aliphatic heterocycles. The number of halogens is 5. The van der Waals surface area contributed by atoms with E-state index < -0.39 is 41.7 Å². The predicted octanol–water partition coefficient (Wildman–Crippen LogP) is 4.30. The average molecular weight is 416 g/mol. The van der Waals surface area contributed by atoms with Crippen molar-refractivity contribution < 1.29 is 22.4 Å². The van der Waals surface area contributed by atoms with Crippen molar-refractivity contribution in [2.75, 3.05) is 5.32 Å². The second-order valence-electron chi connectivity index (χ2n) is 5.80. The highest BCUT2D eigenvalue weighted by molar-refractivity contribution is 6.32. The second-order valence-corrected chi connectivity index (χ2v) is 6.17. The number of carbonyl (C=O) groups excluding carboxylic acids is 1. The first-order valence-electron chi connectivity index (χ1n) is 8.03. The van der Waals surface area contributed by atoms with E-state index in [4.69, 9.17) is 11.6 Å². The number of aromatic nitrogens is 4. The van der Waals surface area contributed by atoms with Crippen molar-refractivity contribution in [1.82, 2.24) is 19.6 Å². The summed E-state index contributed by atoms with van der Waals surface area (Å²) in [5.41, 5.74) is -0.636. The maximum Gasteiger partial charge on any atom is 0.283 e. The number of alkyl halides is 4. The second kappa shape index (κ2) is 8.42. The molecule has 0 saturated carbocycles. The Labute approximate surface area is 161 Å². The maximum absolute atomic E-state index is 13.1. The van der Waals surface area contributed by atoms with E-state index in [1.54, 1.807) is 41.3 Å². The van der Waals surface area contributed by atoms with Gasteiger partial charge in [-0.15, -0.1) is 0 Å². The first-order chi connectivity index (χ1) is 13.3. The molecular formula is C17H14ClF4N5O. The number of amides is 1. The van der Waals surface area contributed by atoms with Crippen LogP contribution >= 0.6 is 11.6 Å². The zero-order chi connectivity index (χ0) is 20.3. The van der Waals surface area contributed by atoms with Gasteiger partial charge in [0.15, 0.2) is 0 Å². The molecule has 28 heavy (non-hydrogen) atoms. The number of carbonyl (C=O) groups is 1. The number of hydrogen-bond acceptors (Lipinski definition) is 3. The minimum Gasteiger partial charge on any atom is -0.324 e. The fourth-order valence-corrected chi connectivity index (χ4v) is 2.91. The Morgan fingerprint density at radius 1 is 1.18 bits per heavy atom. The summed E-state index contributed by atoms with van der Waals surface area (Å²) in [7, 11) is 0. The molecule has 0 bridgehead atoms. The Kier molecular flexibility index (Phi) is 5.98. The van der Waals surface area contributed by atoms with Crippen LogP contribution in [0.15, 0.2) is 42.7 Å². The fraction of sp³-hybridized carbons (Fsp3) is 0.235. The molecule has 0 aliphatic carbocycles. The third-order valence-electron chi connectivity index (χ3n) is 3.78. The molecule has 1 amide bonds. The lowest BCUT2D eigenvalue weighted by molar-refractivity contribution is -0.117. The van der Waals surface area contributed by atoms with Crippen molar-refractivity contribution in [3.05, 3.63) is 64.7 Å². The molecular weight excluding hydrogens is 402 g/mol. The molecule has 0 radical (unpaired) electrons. The lowest BCUT2D eigenvalue weighted by Crippen LogP contribution is -2.21. The minimum atomic E-state index is -3.15. The van der Waals surface area contributed by atoms with E-state index in [2.05, 4.69) is 15.5 Å². The third kappa shape index (κ3) is 4.50. The SMILES string of the molecule is O=C(Cn1nc(C(F)F)c(Cl)c1C(F)F)Nc1cccc(Cn2cccn2)c1. The molecule has 1 N–H and O–H groups in total. The number of benzene rings is 1. The molecule has 0 atom stereocenters. The molecule has 3 rings (SSSR count). The Bertz CT molecular complexity index is 959. The Morgan fingerprint density at radius 2 is 1.96 bits per heavy atom. The average Bonchev–Trinajstić information content (AvgIpc) is 3.22. The lowest BCUT2D eigenvalue weighted by Gasteiger charge is -2.10. The molecule has 2 aromatic heterocycles. The van der Waals surface area contributed by atoms with Gasteiger partial charge < -0.3 is 5.32 Å². The van der Waals surface area contributed by atoms with Gasteiger partial charge in [-0.05, 0) is 23.8 Å². The Hall–Kier alpha value is -2.88. The molecule has 2 heterocycles. The highest BCUT2D eigenvalue weighted by atomic mass is 35.5. The molecule has 3 aromatic rings. The standard InChI is InChI=1S/C17H14ClF4N5O/c18-13-14(16(19)20)25-27(15(13)17(21)22)9-12(28)24-11-4-1-3-10(7-11)8-26-6-2-5-23-26/h1-7,16-17H,8-9H2,(H,24,28). The summed E-state index contributed by atoms with van der Waals surface area (Å²) in [5, 5.41) is 9.14. The van der Waals surface area contributed by atoms with Crippen molar-refractivity contribution >= 4 is 23.2 Å². The van der Waals surface area contributed by atoms with Gasteiger partial charge in [-0.1, -0.05) is 23.7 Å².